The second kappa shape index (κ2) is 8.31. The van der Waals surface area contributed by atoms with Gasteiger partial charge in [0.1, 0.15) is 12.0 Å². The van der Waals surface area contributed by atoms with E-state index in [9.17, 15) is 13.5 Å². The molecule has 1 aromatic carbocycles. The van der Waals surface area contributed by atoms with Crippen molar-refractivity contribution in [3.8, 4) is 0 Å². The zero-order valence-corrected chi connectivity index (χ0v) is 18.5. The van der Waals surface area contributed by atoms with Crippen molar-refractivity contribution in [3.05, 3.63) is 60.2 Å². The largest absolute Gasteiger partial charge is 0.393 e. The van der Waals surface area contributed by atoms with E-state index < -0.39 is 16.4 Å². The summed E-state index contributed by atoms with van der Waals surface area (Å²) < 4.78 is 35.0. The summed E-state index contributed by atoms with van der Waals surface area (Å²) in [6, 6.07) is 12.4. The lowest BCUT2D eigenvalue weighted by Gasteiger charge is -2.25. The summed E-state index contributed by atoms with van der Waals surface area (Å²) in [6.07, 6.45) is 4.73. The van der Waals surface area contributed by atoms with Gasteiger partial charge in [-0.2, -0.15) is 13.1 Å². The summed E-state index contributed by atoms with van der Waals surface area (Å²) in [5.41, 5.74) is 2.94. The first-order valence-corrected chi connectivity index (χ1v) is 11.8. The molecule has 0 saturated heterocycles. The van der Waals surface area contributed by atoms with E-state index >= 15 is 0 Å². The predicted octanol–water partition coefficient (Wildman–Crippen LogP) is 2.66. The summed E-state index contributed by atoms with van der Waals surface area (Å²) in [4.78, 5) is 9.07. The van der Waals surface area contributed by atoms with Gasteiger partial charge in [-0.1, -0.05) is 44.2 Å². The van der Waals surface area contributed by atoms with Crippen molar-refractivity contribution in [2.24, 2.45) is 5.92 Å². The third-order valence-corrected chi connectivity index (χ3v) is 6.84. The molecule has 0 spiro atoms. The minimum absolute atomic E-state index is 0.00119. The standard InChI is InChI=1S/C22H28N4O4S/c1-22(2,16-6-4-3-5-7-16)12-19-18-8-9-26(21(18)24-14-23-19)17-10-15(20(27)11-17)13-25-31(28,29)30/h3-9,14-15,17,20,25,27H,10-13H2,1-2H3,(H,28,29,30)/t15-,17+,20-/m0/s1. The Morgan fingerprint density at radius 1 is 1.16 bits per heavy atom. The van der Waals surface area contributed by atoms with E-state index in [2.05, 4.69) is 40.7 Å². The van der Waals surface area contributed by atoms with Crippen molar-refractivity contribution in [2.45, 2.75) is 50.7 Å². The fraction of sp³-hybridized carbons (Fsp3) is 0.455. The maximum absolute atomic E-state index is 11.0. The fourth-order valence-electron chi connectivity index (χ4n) is 4.60. The van der Waals surface area contributed by atoms with E-state index in [-0.39, 0.29) is 23.9 Å². The number of nitrogens with zero attached hydrogens (tertiary/aromatic N) is 3. The number of rotatable bonds is 7. The molecule has 8 nitrogen and oxygen atoms in total. The predicted molar refractivity (Wildman–Crippen MR) is 118 cm³/mol. The lowest BCUT2D eigenvalue weighted by atomic mass is 9.80. The topological polar surface area (TPSA) is 117 Å². The van der Waals surface area contributed by atoms with Gasteiger partial charge < -0.3 is 9.67 Å². The Labute approximate surface area is 182 Å². The highest BCUT2D eigenvalue weighted by Gasteiger charge is 2.35. The first-order valence-electron chi connectivity index (χ1n) is 10.4. The number of benzene rings is 1. The van der Waals surface area contributed by atoms with Crippen LogP contribution in [0.4, 0.5) is 0 Å². The molecule has 3 atom stereocenters. The molecule has 0 amide bonds. The number of hydrogen-bond acceptors (Lipinski definition) is 5. The molecule has 0 radical (unpaired) electrons. The van der Waals surface area contributed by atoms with Gasteiger partial charge in [-0.3, -0.25) is 4.55 Å². The summed E-state index contributed by atoms with van der Waals surface area (Å²) >= 11 is 0. The molecule has 0 aliphatic heterocycles. The number of fused-ring (bicyclic) bond motifs is 1. The number of aliphatic hydroxyl groups is 1. The number of aliphatic hydroxyl groups excluding tert-OH is 1. The highest BCUT2D eigenvalue weighted by Crippen LogP contribution is 2.37. The van der Waals surface area contributed by atoms with Gasteiger partial charge in [0.15, 0.2) is 0 Å². The fourth-order valence-corrected chi connectivity index (χ4v) is 5.03. The van der Waals surface area contributed by atoms with Crippen LogP contribution in [0.25, 0.3) is 11.0 Å². The van der Waals surface area contributed by atoms with Crippen LogP contribution in [-0.4, -0.2) is 45.3 Å². The van der Waals surface area contributed by atoms with Gasteiger partial charge in [-0.15, -0.1) is 0 Å². The van der Waals surface area contributed by atoms with Gasteiger partial charge >= 0.3 is 10.3 Å². The first-order chi connectivity index (χ1) is 14.6. The van der Waals surface area contributed by atoms with Crippen LogP contribution in [0.3, 0.4) is 0 Å². The monoisotopic (exact) mass is 444 g/mol. The van der Waals surface area contributed by atoms with E-state index in [1.165, 1.54) is 5.56 Å². The molecule has 1 aliphatic rings. The lowest BCUT2D eigenvalue weighted by Crippen LogP contribution is -2.31. The average Bonchev–Trinajstić information content (AvgIpc) is 3.30. The highest BCUT2D eigenvalue weighted by molar-refractivity contribution is 7.83. The Balaban J connectivity index is 1.57. The van der Waals surface area contributed by atoms with Crippen molar-refractivity contribution in [1.82, 2.24) is 19.3 Å². The summed E-state index contributed by atoms with van der Waals surface area (Å²) in [7, 11) is -4.28. The summed E-state index contributed by atoms with van der Waals surface area (Å²) in [6.45, 7) is 4.40. The lowest BCUT2D eigenvalue weighted by molar-refractivity contribution is 0.133. The van der Waals surface area contributed by atoms with Gasteiger partial charge in [0.2, 0.25) is 0 Å². The maximum Gasteiger partial charge on any atom is 0.333 e. The minimum Gasteiger partial charge on any atom is -0.393 e. The molecule has 1 aliphatic carbocycles. The van der Waals surface area contributed by atoms with Crippen molar-refractivity contribution >= 4 is 21.3 Å². The third kappa shape index (κ3) is 4.79. The summed E-state index contributed by atoms with van der Waals surface area (Å²) in [5, 5.41) is 11.4. The van der Waals surface area contributed by atoms with Crippen molar-refractivity contribution < 1.29 is 18.1 Å². The average molecular weight is 445 g/mol. The van der Waals surface area contributed by atoms with E-state index in [1.54, 1.807) is 6.33 Å². The number of aromatic nitrogens is 3. The van der Waals surface area contributed by atoms with Crippen LogP contribution in [0.1, 0.15) is 44.0 Å². The molecule has 1 saturated carbocycles. The number of nitrogens with one attached hydrogen (secondary N) is 1. The van der Waals surface area contributed by atoms with E-state index in [0.29, 0.717) is 12.8 Å². The molecule has 9 heteroatoms. The Morgan fingerprint density at radius 2 is 1.90 bits per heavy atom. The van der Waals surface area contributed by atoms with Crippen LogP contribution < -0.4 is 4.72 Å². The van der Waals surface area contributed by atoms with Crippen LogP contribution >= 0.6 is 0 Å². The molecule has 3 N–H and O–H groups in total. The molecule has 2 aromatic heterocycles. The maximum atomic E-state index is 11.0. The van der Waals surface area contributed by atoms with E-state index in [1.807, 2.05) is 35.0 Å². The van der Waals surface area contributed by atoms with Crippen LogP contribution in [0.5, 0.6) is 0 Å². The van der Waals surface area contributed by atoms with E-state index in [0.717, 1.165) is 23.1 Å². The van der Waals surface area contributed by atoms with Gasteiger partial charge in [0.25, 0.3) is 0 Å². The van der Waals surface area contributed by atoms with Gasteiger partial charge in [-0.05, 0) is 36.3 Å². The molecular formula is C22H28N4O4S. The molecule has 0 bridgehead atoms. The minimum atomic E-state index is -4.28. The SMILES string of the molecule is CC(C)(Cc1ncnc2c1ccn2[C@@H]1C[C@@H](CNS(=O)(=O)O)[C@@H](O)C1)c1ccccc1. The quantitative estimate of drug-likeness (QED) is 0.482. The molecule has 0 unspecified atom stereocenters. The molecule has 2 heterocycles. The molecule has 1 fully saturated rings. The van der Waals surface area contributed by atoms with Gasteiger partial charge in [0, 0.05) is 30.1 Å². The van der Waals surface area contributed by atoms with Crippen molar-refractivity contribution in [2.75, 3.05) is 6.54 Å². The molecule has 166 valence electrons. The molecule has 4 rings (SSSR count). The molecular weight excluding hydrogens is 416 g/mol. The van der Waals surface area contributed by atoms with Crippen molar-refractivity contribution in [3.63, 3.8) is 0 Å². The zero-order valence-electron chi connectivity index (χ0n) is 17.6. The van der Waals surface area contributed by atoms with Crippen molar-refractivity contribution in [1.29, 1.82) is 0 Å². The molecule has 3 aromatic rings. The number of hydrogen-bond donors (Lipinski definition) is 3. The Kier molecular flexibility index (Phi) is 5.87. The second-order valence-electron chi connectivity index (χ2n) is 8.98. The second-order valence-corrected chi connectivity index (χ2v) is 10.2. The zero-order chi connectivity index (χ0) is 22.2. The summed E-state index contributed by atoms with van der Waals surface area (Å²) in [5.74, 6) is -0.275. The van der Waals surface area contributed by atoms with Crippen LogP contribution in [0.15, 0.2) is 48.9 Å². The van der Waals surface area contributed by atoms with Gasteiger partial charge in [0.05, 0.1) is 11.8 Å². The van der Waals surface area contributed by atoms with Crippen LogP contribution in [0.2, 0.25) is 0 Å². The highest BCUT2D eigenvalue weighted by atomic mass is 32.2. The van der Waals surface area contributed by atoms with Crippen LogP contribution in [-0.2, 0) is 22.1 Å². The Bertz CT molecular complexity index is 1160. The van der Waals surface area contributed by atoms with Crippen LogP contribution in [0, 0.1) is 5.92 Å². The smallest absolute Gasteiger partial charge is 0.333 e. The Hall–Kier alpha value is -2.33. The Morgan fingerprint density at radius 3 is 2.61 bits per heavy atom. The van der Waals surface area contributed by atoms with E-state index in [4.69, 9.17) is 4.55 Å². The normalized spacial score (nSPS) is 22.3. The molecule has 31 heavy (non-hydrogen) atoms. The third-order valence-electron chi connectivity index (χ3n) is 6.31. The first kappa shape index (κ1) is 21.9. The van der Waals surface area contributed by atoms with Gasteiger partial charge in [-0.25, -0.2) is 9.97 Å².